The average Bonchev–Trinajstić information content (AvgIpc) is 3.40. The Morgan fingerprint density at radius 1 is 1.23 bits per heavy atom. The molecule has 152 valence electrons. The summed E-state index contributed by atoms with van der Waals surface area (Å²) < 4.78 is 5.68. The Balaban J connectivity index is 1.32. The minimum absolute atomic E-state index is 0.00456. The topological polar surface area (TPSA) is 113 Å². The standard InChI is InChI=1S/C21H20N6O3/c1-27-19-16(7-4-10-22-19)30-11-15(21(27)29)23-20(28)18-24-17(25-26-18)14-9-8-12-5-2-3-6-13(12)14/h2-7,10,14-15H,8-9,11H2,1H3,(H,23,28)(H,24,25,26)/t14-,15?/m0/s1. The van der Waals surface area contributed by atoms with Crippen LogP contribution < -0.4 is 15.0 Å². The van der Waals surface area contributed by atoms with Gasteiger partial charge < -0.3 is 15.0 Å². The zero-order valence-corrected chi connectivity index (χ0v) is 16.3. The van der Waals surface area contributed by atoms with Gasteiger partial charge >= 0.3 is 0 Å². The van der Waals surface area contributed by atoms with E-state index in [0.717, 1.165) is 12.8 Å². The first-order chi connectivity index (χ1) is 14.6. The van der Waals surface area contributed by atoms with Gasteiger partial charge in [0.25, 0.3) is 11.8 Å². The third-order valence-electron chi connectivity index (χ3n) is 5.59. The second kappa shape index (κ2) is 7.25. The van der Waals surface area contributed by atoms with Gasteiger partial charge in [-0.15, -0.1) is 10.2 Å². The van der Waals surface area contributed by atoms with Crippen molar-refractivity contribution < 1.29 is 14.3 Å². The number of carbonyl (C=O) groups is 2. The highest BCUT2D eigenvalue weighted by molar-refractivity contribution is 6.01. The maximum atomic E-state index is 12.8. The van der Waals surface area contributed by atoms with Crippen molar-refractivity contribution in [3.63, 3.8) is 0 Å². The zero-order chi connectivity index (χ0) is 20.7. The van der Waals surface area contributed by atoms with E-state index < -0.39 is 11.9 Å². The number of carbonyl (C=O) groups excluding carboxylic acids is 2. The lowest BCUT2D eigenvalue weighted by Gasteiger charge is -2.19. The summed E-state index contributed by atoms with van der Waals surface area (Å²) in [6, 6.07) is 10.8. The number of hydrogen-bond donors (Lipinski definition) is 2. The van der Waals surface area contributed by atoms with Crippen LogP contribution in [-0.4, -0.2) is 51.7 Å². The number of nitrogens with zero attached hydrogens (tertiary/aromatic N) is 4. The maximum Gasteiger partial charge on any atom is 0.289 e. The molecule has 0 bridgehead atoms. The van der Waals surface area contributed by atoms with Gasteiger partial charge in [0.05, 0.1) is 0 Å². The van der Waals surface area contributed by atoms with Crippen LogP contribution in [0.15, 0.2) is 42.6 Å². The molecule has 0 fully saturated rings. The Kier molecular flexibility index (Phi) is 4.42. The normalized spacial score (nSPS) is 20.2. The molecule has 2 amide bonds. The molecule has 9 nitrogen and oxygen atoms in total. The number of aromatic nitrogens is 4. The van der Waals surface area contributed by atoms with E-state index >= 15 is 0 Å². The van der Waals surface area contributed by atoms with Crippen molar-refractivity contribution >= 4 is 17.6 Å². The number of benzene rings is 1. The summed E-state index contributed by atoms with van der Waals surface area (Å²) in [7, 11) is 1.60. The number of aromatic amines is 1. The van der Waals surface area contributed by atoms with Crippen molar-refractivity contribution in [2.45, 2.75) is 24.8 Å². The summed E-state index contributed by atoms with van der Waals surface area (Å²) in [5.41, 5.74) is 2.50. The molecular formula is C21H20N6O3. The molecule has 5 rings (SSSR count). The number of amides is 2. The fraction of sp³-hybridized carbons (Fsp3) is 0.286. The summed E-state index contributed by atoms with van der Waals surface area (Å²) in [6.45, 7) is 0.00456. The van der Waals surface area contributed by atoms with E-state index in [1.165, 1.54) is 16.0 Å². The number of hydrogen-bond acceptors (Lipinski definition) is 6. The summed E-state index contributed by atoms with van der Waals surface area (Å²) in [5, 5.41) is 10.9. The average molecular weight is 404 g/mol. The van der Waals surface area contributed by atoms with Gasteiger partial charge in [0.2, 0.25) is 5.82 Å². The molecule has 1 aliphatic carbocycles. The van der Waals surface area contributed by atoms with Gasteiger partial charge in [-0.3, -0.25) is 14.5 Å². The number of ether oxygens (including phenoxy) is 1. The van der Waals surface area contributed by atoms with E-state index in [9.17, 15) is 9.59 Å². The van der Waals surface area contributed by atoms with Gasteiger partial charge in [-0.25, -0.2) is 4.98 Å². The Morgan fingerprint density at radius 2 is 2.10 bits per heavy atom. The fourth-order valence-electron chi connectivity index (χ4n) is 4.03. The SMILES string of the molecule is CN1C(=O)C(NC(=O)c2nnc([C@H]3CCc4ccccc43)[nH]2)COc2cccnc21. The van der Waals surface area contributed by atoms with E-state index in [2.05, 4.69) is 37.6 Å². The van der Waals surface area contributed by atoms with E-state index in [0.29, 0.717) is 17.4 Å². The predicted octanol–water partition coefficient (Wildman–Crippen LogP) is 1.43. The highest BCUT2D eigenvalue weighted by atomic mass is 16.5. The number of H-pyrrole nitrogens is 1. The van der Waals surface area contributed by atoms with E-state index in [-0.39, 0.29) is 24.3 Å². The number of rotatable bonds is 3. The van der Waals surface area contributed by atoms with Gasteiger partial charge in [0.15, 0.2) is 11.6 Å². The first-order valence-electron chi connectivity index (χ1n) is 9.78. The molecule has 3 heterocycles. The first kappa shape index (κ1) is 18.3. The number of fused-ring (bicyclic) bond motifs is 2. The van der Waals surface area contributed by atoms with Crippen LogP contribution in [-0.2, 0) is 11.2 Å². The van der Waals surface area contributed by atoms with Crippen molar-refractivity contribution in [2.24, 2.45) is 0 Å². The molecule has 0 radical (unpaired) electrons. The lowest BCUT2D eigenvalue weighted by molar-refractivity contribution is -0.120. The number of aryl methyl sites for hydroxylation is 1. The number of nitrogens with one attached hydrogen (secondary N) is 2. The third kappa shape index (κ3) is 3.08. The van der Waals surface area contributed by atoms with Crippen LogP contribution in [0.25, 0.3) is 0 Å². The first-order valence-corrected chi connectivity index (χ1v) is 9.78. The largest absolute Gasteiger partial charge is 0.487 e. The Morgan fingerprint density at radius 3 is 3.00 bits per heavy atom. The Bertz CT molecular complexity index is 1130. The van der Waals surface area contributed by atoms with Crippen LogP contribution in [0, 0.1) is 0 Å². The minimum Gasteiger partial charge on any atom is -0.487 e. The van der Waals surface area contributed by atoms with Crippen LogP contribution >= 0.6 is 0 Å². The lowest BCUT2D eigenvalue weighted by Crippen LogP contribution is -2.49. The summed E-state index contributed by atoms with van der Waals surface area (Å²) in [6.07, 6.45) is 3.47. The summed E-state index contributed by atoms with van der Waals surface area (Å²) in [5.74, 6) is 0.907. The fourth-order valence-corrected chi connectivity index (χ4v) is 4.03. The van der Waals surface area contributed by atoms with Crippen LogP contribution in [0.1, 0.15) is 39.9 Å². The van der Waals surface area contributed by atoms with Gasteiger partial charge in [-0.05, 0) is 36.1 Å². The summed E-state index contributed by atoms with van der Waals surface area (Å²) >= 11 is 0. The molecule has 0 saturated carbocycles. The van der Waals surface area contributed by atoms with Crippen LogP contribution in [0.2, 0.25) is 0 Å². The second-order valence-corrected chi connectivity index (χ2v) is 7.41. The van der Waals surface area contributed by atoms with Gasteiger partial charge in [-0.2, -0.15) is 0 Å². The molecule has 9 heteroatoms. The van der Waals surface area contributed by atoms with Crippen molar-refractivity contribution in [3.8, 4) is 5.75 Å². The highest BCUT2D eigenvalue weighted by Gasteiger charge is 2.33. The molecule has 30 heavy (non-hydrogen) atoms. The van der Waals surface area contributed by atoms with Gasteiger partial charge in [-0.1, -0.05) is 24.3 Å². The van der Waals surface area contributed by atoms with E-state index in [1.807, 2.05) is 12.1 Å². The summed E-state index contributed by atoms with van der Waals surface area (Å²) in [4.78, 5) is 34.1. The zero-order valence-electron chi connectivity index (χ0n) is 16.3. The third-order valence-corrected chi connectivity index (χ3v) is 5.59. The smallest absolute Gasteiger partial charge is 0.289 e. The predicted molar refractivity (Wildman–Crippen MR) is 107 cm³/mol. The molecule has 1 aromatic carbocycles. The molecule has 1 unspecified atom stereocenters. The molecule has 2 aliphatic rings. The van der Waals surface area contributed by atoms with Crippen LogP contribution in [0.5, 0.6) is 5.75 Å². The van der Waals surface area contributed by atoms with Crippen LogP contribution in [0.3, 0.4) is 0 Å². The molecule has 1 aliphatic heterocycles. The molecule has 2 aromatic heterocycles. The van der Waals surface area contributed by atoms with E-state index in [4.69, 9.17) is 4.74 Å². The Labute approximate surface area is 172 Å². The van der Waals surface area contributed by atoms with Crippen molar-refractivity contribution in [1.29, 1.82) is 0 Å². The van der Waals surface area contributed by atoms with Crippen LogP contribution in [0.4, 0.5) is 5.82 Å². The molecular weight excluding hydrogens is 384 g/mol. The highest BCUT2D eigenvalue weighted by Crippen LogP contribution is 2.36. The molecule has 2 N–H and O–H groups in total. The Hall–Kier alpha value is -3.75. The monoisotopic (exact) mass is 404 g/mol. The number of anilines is 1. The molecule has 0 spiro atoms. The quantitative estimate of drug-likeness (QED) is 0.683. The molecule has 0 saturated heterocycles. The van der Waals surface area contributed by atoms with Crippen molar-refractivity contribution in [3.05, 3.63) is 65.4 Å². The van der Waals surface area contributed by atoms with Gasteiger partial charge in [0.1, 0.15) is 18.5 Å². The van der Waals surface area contributed by atoms with Crippen molar-refractivity contribution in [2.75, 3.05) is 18.6 Å². The second-order valence-electron chi connectivity index (χ2n) is 7.41. The van der Waals surface area contributed by atoms with Crippen molar-refractivity contribution in [1.82, 2.24) is 25.5 Å². The molecule has 3 aromatic rings. The maximum absolute atomic E-state index is 12.8. The molecule has 2 atom stereocenters. The van der Waals surface area contributed by atoms with Gasteiger partial charge in [0, 0.05) is 19.2 Å². The lowest BCUT2D eigenvalue weighted by atomic mass is 10.0. The minimum atomic E-state index is -0.863. The van der Waals surface area contributed by atoms with E-state index in [1.54, 1.807) is 25.4 Å². The number of pyridine rings is 1. The number of likely N-dealkylation sites (N-methyl/N-ethyl adjacent to an activating group) is 1.